The van der Waals surface area contributed by atoms with Crippen LogP contribution >= 0.6 is 11.6 Å². The van der Waals surface area contributed by atoms with Gasteiger partial charge in [-0.25, -0.2) is 4.98 Å². The van der Waals surface area contributed by atoms with E-state index in [0.717, 1.165) is 12.3 Å². The maximum atomic E-state index is 12.8. The van der Waals surface area contributed by atoms with Crippen LogP contribution in [0.1, 0.15) is 11.7 Å². The van der Waals surface area contributed by atoms with Crippen LogP contribution in [0, 0.1) is 5.95 Å². The summed E-state index contributed by atoms with van der Waals surface area (Å²) in [5.74, 6) is -0.745. The van der Waals surface area contributed by atoms with Crippen molar-refractivity contribution in [2.45, 2.75) is 12.2 Å². The molecule has 1 aromatic heterocycles. The molecule has 2 unspecified atom stereocenters. The van der Waals surface area contributed by atoms with Crippen molar-refractivity contribution < 1.29 is 14.6 Å². The van der Waals surface area contributed by atoms with Crippen molar-refractivity contribution in [3.8, 4) is 0 Å². The number of rotatable bonds is 4. The van der Waals surface area contributed by atoms with Gasteiger partial charge in [0.15, 0.2) is 0 Å². The van der Waals surface area contributed by atoms with Crippen molar-refractivity contribution in [1.29, 1.82) is 0 Å². The highest BCUT2D eigenvalue weighted by molar-refractivity contribution is 6.31. The van der Waals surface area contributed by atoms with Crippen molar-refractivity contribution in [1.82, 2.24) is 10.3 Å². The molecule has 0 aliphatic rings. The van der Waals surface area contributed by atoms with Crippen LogP contribution in [-0.2, 0) is 0 Å². The Morgan fingerprint density at radius 1 is 1.60 bits per heavy atom. The van der Waals surface area contributed by atoms with Crippen LogP contribution in [0.4, 0.5) is 4.39 Å². The molecule has 6 heteroatoms. The second kappa shape index (κ2) is 5.37. The van der Waals surface area contributed by atoms with Crippen LogP contribution in [0.2, 0.25) is 5.02 Å². The molecule has 3 N–H and O–H groups in total. The molecule has 0 bridgehead atoms. The number of hydrogen-bond donors (Lipinski definition) is 3. The number of nitrogens with one attached hydrogen (secondary N) is 1. The fraction of sp³-hybridized carbons (Fsp3) is 0.444. The summed E-state index contributed by atoms with van der Waals surface area (Å²) in [6, 6.07) is 1.01. The second-order valence-electron chi connectivity index (χ2n) is 3.10. The highest BCUT2D eigenvalue weighted by Gasteiger charge is 2.20. The van der Waals surface area contributed by atoms with Crippen LogP contribution in [0.25, 0.3) is 0 Å². The summed E-state index contributed by atoms with van der Waals surface area (Å²) >= 11 is 5.71. The highest BCUT2D eigenvalue weighted by Crippen LogP contribution is 2.24. The lowest BCUT2D eigenvalue weighted by Gasteiger charge is -2.18. The zero-order valence-corrected chi connectivity index (χ0v) is 8.87. The first-order valence-corrected chi connectivity index (χ1v) is 4.75. The first kappa shape index (κ1) is 12.3. The Balaban J connectivity index is 2.89. The minimum Gasteiger partial charge on any atom is -0.389 e. The normalized spacial score (nSPS) is 15.0. The van der Waals surface area contributed by atoms with E-state index >= 15 is 0 Å². The fourth-order valence-electron chi connectivity index (χ4n) is 1.18. The van der Waals surface area contributed by atoms with Gasteiger partial charge in [-0.05, 0) is 7.05 Å². The lowest BCUT2D eigenvalue weighted by Crippen LogP contribution is -2.29. The average molecular weight is 235 g/mol. The molecule has 1 heterocycles. The molecule has 0 amide bonds. The van der Waals surface area contributed by atoms with Gasteiger partial charge in [0.05, 0.1) is 11.1 Å². The third-order valence-electron chi connectivity index (χ3n) is 1.95. The van der Waals surface area contributed by atoms with Gasteiger partial charge in [-0.3, -0.25) is 0 Å². The van der Waals surface area contributed by atoms with E-state index in [0.29, 0.717) is 0 Å². The molecule has 0 aliphatic carbocycles. The van der Waals surface area contributed by atoms with Crippen molar-refractivity contribution >= 4 is 11.6 Å². The minimum atomic E-state index is -1.23. The van der Waals surface area contributed by atoms with Crippen molar-refractivity contribution in [2.75, 3.05) is 13.6 Å². The average Bonchev–Trinajstić information content (AvgIpc) is 2.21. The molecule has 0 aliphatic heterocycles. The Kier molecular flexibility index (Phi) is 4.41. The summed E-state index contributed by atoms with van der Waals surface area (Å²) in [5.41, 5.74) is 0.131. The topological polar surface area (TPSA) is 65.4 Å². The van der Waals surface area contributed by atoms with E-state index in [-0.39, 0.29) is 17.1 Å². The first-order valence-electron chi connectivity index (χ1n) is 4.38. The van der Waals surface area contributed by atoms with Crippen molar-refractivity contribution in [3.05, 3.63) is 28.8 Å². The summed E-state index contributed by atoms with van der Waals surface area (Å²) < 4.78 is 12.8. The number of halogens is 2. The molecule has 0 spiro atoms. The lowest BCUT2D eigenvalue weighted by atomic mass is 10.1. The Bertz CT molecular complexity index is 338. The molecule has 4 nitrogen and oxygen atoms in total. The summed E-state index contributed by atoms with van der Waals surface area (Å²) in [5, 5.41) is 21.9. The van der Waals surface area contributed by atoms with E-state index in [4.69, 9.17) is 11.6 Å². The summed E-state index contributed by atoms with van der Waals surface area (Å²) in [6.45, 7) is 0.182. The zero-order chi connectivity index (χ0) is 11.4. The second-order valence-corrected chi connectivity index (χ2v) is 3.51. The Morgan fingerprint density at radius 3 is 2.87 bits per heavy atom. The number of aromatic nitrogens is 1. The number of likely N-dealkylation sites (N-methyl/N-ethyl adjacent to an activating group) is 1. The van der Waals surface area contributed by atoms with Crippen molar-refractivity contribution in [3.63, 3.8) is 0 Å². The summed E-state index contributed by atoms with van der Waals surface area (Å²) in [7, 11) is 1.63. The largest absolute Gasteiger partial charge is 0.389 e. The van der Waals surface area contributed by atoms with E-state index in [1.54, 1.807) is 7.05 Å². The number of hydrogen-bond acceptors (Lipinski definition) is 4. The van der Waals surface area contributed by atoms with E-state index in [1.807, 2.05) is 0 Å². The monoisotopic (exact) mass is 234 g/mol. The lowest BCUT2D eigenvalue weighted by molar-refractivity contribution is 0.0200. The van der Waals surface area contributed by atoms with Gasteiger partial charge in [0.25, 0.3) is 0 Å². The van der Waals surface area contributed by atoms with Gasteiger partial charge >= 0.3 is 0 Å². The van der Waals surface area contributed by atoms with E-state index in [9.17, 15) is 14.6 Å². The van der Waals surface area contributed by atoms with E-state index in [2.05, 4.69) is 10.3 Å². The van der Waals surface area contributed by atoms with Gasteiger partial charge in [0, 0.05) is 24.4 Å². The van der Waals surface area contributed by atoms with E-state index in [1.165, 1.54) is 0 Å². The maximum absolute atomic E-state index is 12.8. The van der Waals surface area contributed by atoms with Gasteiger partial charge in [0.2, 0.25) is 5.95 Å². The number of pyridine rings is 1. The van der Waals surface area contributed by atoms with Crippen LogP contribution in [-0.4, -0.2) is 34.9 Å². The molecular weight excluding hydrogens is 223 g/mol. The quantitative estimate of drug-likeness (QED) is 0.664. The minimum absolute atomic E-state index is 0.124. The third-order valence-corrected chi connectivity index (χ3v) is 2.26. The number of aliphatic hydroxyl groups is 2. The number of aliphatic hydroxyl groups excluding tert-OH is 2. The molecule has 0 fully saturated rings. The van der Waals surface area contributed by atoms with Gasteiger partial charge in [-0.15, -0.1) is 0 Å². The molecule has 0 saturated carbocycles. The SMILES string of the molecule is CNCC(O)C(O)c1cc(F)ncc1Cl. The predicted octanol–water partition coefficient (Wildman–Crippen LogP) is 0.488. The molecule has 0 saturated heterocycles. The fourth-order valence-corrected chi connectivity index (χ4v) is 1.40. The standard InChI is InChI=1S/C9H12ClFN2O2/c1-12-4-7(14)9(15)5-2-8(11)13-3-6(5)10/h2-3,7,9,12,14-15H,4H2,1H3. The molecule has 15 heavy (non-hydrogen) atoms. The Hall–Kier alpha value is -0.750. The van der Waals surface area contributed by atoms with Crippen LogP contribution < -0.4 is 5.32 Å². The van der Waals surface area contributed by atoms with E-state index < -0.39 is 18.2 Å². The molecule has 2 atom stereocenters. The predicted molar refractivity (Wildman–Crippen MR) is 54.1 cm³/mol. The maximum Gasteiger partial charge on any atom is 0.213 e. The van der Waals surface area contributed by atoms with Crippen LogP contribution in [0.3, 0.4) is 0 Å². The van der Waals surface area contributed by atoms with Crippen LogP contribution in [0.5, 0.6) is 0 Å². The molecule has 1 rings (SSSR count). The van der Waals surface area contributed by atoms with Gasteiger partial charge < -0.3 is 15.5 Å². The summed E-state index contributed by atoms with van der Waals surface area (Å²) in [4.78, 5) is 3.32. The molecule has 0 aromatic carbocycles. The zero-order valence-electron chi connectivity index (χ0n) is 8.11. The first-order chi connectivity index (χ1) is 7.06. The summed E-state index contributed by atoms with van der Waals surface area (Å²) in [6.07, 6.45) is -1.18. The molecule has 84 valence electrons. The van der Waals surface area contributed by atoms with Crippen molar-refractivity contribution in [2.24, 2.45) is 0 Å². The Morgan fingerprint density at radius 2 is 2.27 bits per heavy atom. The van der Waals surface area contributed by atoms with Gasteiger partial charge in [-0.1, -0.05) is 11.6 Å². The number of nitrogens with zero attached hydrogens (tertiary/aromatic N) is 1. The van der Waals surface area contributed by atoms with Gasteiger partial charge in [-0.2, -0.15) is 4.39 Å². The molecule has 1 aromatic rings. The Labute approximate surface area is 91.7 Å². The van der Waals surface area contributed by atoms with Crippen LogP contribution in [0.15, 0.2) is 12.3 Å². The highest BCUT2D eigenvalue weighted by atomic mass is 35.5. The molecular formula is C9H12ClFN2O2. The smallest absolute Gasteiger partial charge is 0.213 e. The molecule has 0 radical (unpaired) electrons. The van der Waals surface area contributed by atoms with Gasteiger partial charge in [0.1, 0.15) is 6.10 Å². The third kappa shape index (κ3) is 3.10.